The van der Waals surface area contributed by atoms with Crippen molar-refractivity contribution in [3.63, 3.8) is 0 Å². The van der Waals surface area contributed by atoms with Crippen LogP contribution in [0.4, 0.5) is 8.78 Å². The number of aliphatic hydroxyl groups is 1. The van der Waals surface area contributed by atoms with Crippen molar-refractivity contribution in [3.8, 4) is 0 Å². The van der Waals surface area contributed by atoms with E-state index in [9.17, 15) is 18.7 Å². The molecule has 2 fully saturated rings. The van der Waals surface area contributed by atoms with Crippen LogP contribution in [0.3, 0.4) is 0 Å². The Balaban J connectivity index is 2.15. The fourth-order valence-electron chi connectivity index (χ4n) is 3.16. The predicted octanol–water partition coefficient (Wildman–Crippen LogP) is 1.69. The monoisotopic (exact) mass is 234 g/mol. The number of carboxylic acid groups (broad SMARTS) is 1. The summed E-state index contributed by atoms with van der Waals surface area (Å²) in [5.74, 6) is -1.03. The van der Waals surface area contributed by atoms with E-state index in [-0.39, 0.29) is 12.8 Å². The number of hydrogen-bond acceptors (Lipinski definition) is 2. The Labute approximate surface area is 92.5 Å². The maximum atomic E-state index is 12.6. The highest BCUT2D eigenvalue weighted by atomic mass is 19.1. The van der Waals surface area contributed by atoms with Crippen LogP contribution in [-0.2, 0) is 4.79 Å². The summed E-state index contributed by atoms with van der Waals surface area (Å²) in [5, 5.41) is 19.4. The maximum Gasteiger partial charge on any atom is 0.312 e. The molecule has 0 atom stereocenters. The van der Waals surface area contributed by atoms with Gasteiger partial charge in [-0.15, -0.1) is 0 Å². The van der Waals surface area contributed by atoms with Crippen LogP contribution >= 0.6 is 0 Å². The lowest BCUT2D eigenvalue weighted by atomic mass is 9.45. The number of aliphatic carboxylic acids is 1. The Hall–Kier alpha value is -0.710. The molecule has 0 unspecified atom stereocenters. The summed E-state index contributed by atoms with van der Waals surface area (Å²) in [7, 11) is 0. The van der Waals surface area contributed by atoms with Crippen molar-refractivity contribution >= 4 is 5.97 Å². The molecule has 0 spiro atoms. The van der Waals surface area contributed by atoms with Crippen molar-refractivity contribution in [1.29, 1.82) is 0 Å². The van der Waals surface area contributed by atoms with E-state index >= 15 is 0 Å². The fourth-order valence-corrected chi connectivity index (χ4v) is 3.16. The number of rotatable bonds is 4. The summed E-state index contributed by atoms with van der Waals surface area (Å²) in [6.45, 7) is -1.66. The Bertz CT molecular complexity index is 300. The molecule has 2 aliphatic carbocycles. The van der Waals surface area contributed by atoms with Crippen molar-refractivity contribution in [1.82, 2.24) is 0 Å². The van der Waals surface area contributed by atoms with Gasteiger partial charge in [0.25, 0.3) is 0 Å². The number of carboxylic acids is 1. The van der Waals surface area contributed by atoms with Gasteiger partial charge in [0.2, 0.25) is 0 Å². The van der Waals surface area contributed by atoms with Gasteiger partial charge < -0.3 is 10.2 Å². The van der Waals surface area contributed by atoms with E-state index in [0.29, 0.717) is 12.8 Å². The third kappa shape index (κ3) is 1.24. The van der Waals surface area contributed by atoms with E-state index in [1.165, 1.54) is 0 Å². The van der Waals surface area contributed by atoms with Crippen LogP contribution in [0.25, 0.3) is 0 Å². The molecule has 2 N–H and O–H groups in total. The number of alkyl halides is 2. The first-order chi connectivity index (χ1) is 7.44. The van der Waals surface area contributed by atoms with Gasteiger partial charge in [-0.25, -0.2) is 0 Å². The lowest BCUT2D eigenvalue weighted by Crippen LogP contribution is -2.67. The molecular weight excluding hydrogens is 218 g/mol. The van der Waals surface area contributed by atoms with Crippen LogP contribution in [0.2, 0.25) is 0 Å². The highest BCUT2D eigenvalue weighted by Gasteiger charge is 2.68. The zero-order valence-corrected chi connectivity index (χ0v) is 9.01. The third-order valence-electron chi connectivity index (χ3n) is 4.41. The molecule has 0 aliphatic heterocycles. The smallest absolute Gasteiger partial charge is 0.312 e. The van der Waals surface area contributed by atoms with Crippen LogP contribution in [0, 0.1) is 10.8 Å². The van der Waals surface area contributed by atoms with Gasteiger partial charge in [-0.1, -0.05) is 6.42 Å². The largest absolute Gasteiger partial charge is 0.481 e. The summed E-state index contributed by atoms with van der Waals surface area (Å²) >= 11 is 0. The molecule has 0 aromatic heterocycles. The molecule has 0 radical (unpaired) electrons. The molecule has 0 aromatic rings. The average Bonchev–Trinajstić information content (AvgIpc) is 2.10. The zero-order chi connectivity index (χ0) is 12.0. The maximum absolute atomic E-state index is 12.6. The van der Waals surface area contributed by atoms with Gasteiger partial charge in [-0.3, -0.25) is 13.6 Å². The van der Waals surface area contributed by atoms with Crippen LogP contribution in [0.15, 0.2) is 0 Å². The Morgan fingerprint density at radius 1 is 1.19 bits per heavy atom. The molecule has 16 heavy (non-hydrogen) atoms. The van der Waals surface area contributed by atoms with Gasteiger partial charge in [0, 0.05) is 5.41 Å². The molecular formula is C11H16F2O3. The second kappa shape index (κ2) is 3.39. The van der Waals surface area contributed by atoms with Crippen LogP contribution in [-0.4, -0.2) is 35.1 Å². The van der Waals surface area contributed by atoms with E-state index in [0.717, 1.165) is 6.42 Å². The van der Waals surface area contributed by atoms with Gasteiger partial charge in [-0.05, 0) is 25.7 Å². The zero-order valence-electron chi connectivity index (χ0n) is 9.01. The minimum Gasteiger partial charge on any atom is -0.481 e. The van der Waals surface area contributed by atoms with E-state index in [1.54, 1.807) is 0 Å². The topological polar surface area (TPSA) is 57.5 Å². The Kier molecular flexibility index (Phi) is 2.49. The second-order valence-corrected chi connectivity index (χ2v) is 5.39. The molecule has 0 heterocycles. The van der Waals surface area contributed by atoms with Crippen molar-refractivity contribution in [3.05, 3.63) is 0 Å². The lowest BCUT2D eigenvalue weighted by Gasteiger charge is -2.61. The minimum atomic E-state index is -1.41. The van der Waals surface area contributed by atoms with Gasteiger partial charge >= 0.3 is 5.97 Å². The molecule has 2 rings (SSSR count). The molecule has 2 saturated carbocycles. The van der Waals surface area contributed by atoms with Crippen molar-refractivity contribution in [2.45, 2.75) is 37.7 Å². The fraction of sp³-hybridized carbons (Fsp3) is 0.909. The summed E-state index contributed by atoms with van der Waals surface area (Å²) in [6, 6.07) is 0. The number of carbonyl (C=O) groups is 1. The van der Waals surface area contributed by atoms with E-state index < -0.39 is 35.7 Å². The molecule has 5 heteroatoms. The quantitative estimate of drug-likeness (QED) is 0.778. The molecule has 2 aliphatic rings. The highest BCUT2D eigenvalue weighted by Crippen LogP contribution is 2.63. The standard InChI is InChI=1S/C11H16F2O3/c12-6-9(7-13)4-11(16,5-9)10(8(14)15)2-1-3-10/h16H,1-7H2,(H,14,15). The highest BCUT2D eigenvalue weighted by molar-refractivity contribution is 5.78. The Morgan fingerprint density at radius 3 is 1.94 bits per heavy atom. The van der Waals surface area contributed by atoms with Crippen molar-refractivity contribution in [2.75, 3.05) is 13.3 Å². The summed E-state index contributed by atoms with van der Waals surface area (Å²) in [4.78, 5) is 11.2. The number of hydrogen-bond donors (Lipinski definition) is 2. The molecule has 92 valence electrons. The molecule has 3 nitrogen and oxygen atoms in total. The first-order valence-electron chi connectivity index (χ1n) is 5.51. The van der Waals surface area contributed by atoms with Crippen molar-refractivity contribution < 1.29 is 23.8 Å². The first kappa shape index (κ1) is 11.8. The summed E-state index contributed by atoms with van der Waals surface area (Å²) in [5.41, 5.74) is -3.69. The van der Waals surface area contributed by atoms with E-state index in [2.05, 4.69) is 0 Å². The molecule has 0 saturated heterocycles. The van der Waals surface area contributed by atoms with Gasteiger partial charge in [0.05, 0.1) is 24.4 Å². The van der Waals surface area contributed by atoms with E-state index in [4.69, 9.17) is 5.11 Å². The van der Waals surface area contributed by atoms with Gasteiger partial charge in [-0.2, -0.15) is 0 Å². The molecule has 0 bridgehead atoms. The van der Waals surface area contributed by atoms with Crippen LogP contribution in [0.5, 0.6) is 0 Å². The van der Waals surface area contributed by atoms with Crippen LogP contribution < -0.4 is 0 Å². The first-order valence-corrected chi connectivity index (χ1v) is 5.51. The average molecular weight is 234 g/mol. The predicted molar refractivity (Wildman–Crippen MR) is 52.5 cm³/mol. The third-order valence-corrected chi connectivity index (χ3v) is 4.41. The second-order valence-electron chi connectivity index (χ2n) is 5.39. The van der Waals surface area contributed by atoms with Gasteiger partial charge in [0.15, 0.2) is 0 Å². The minimum absolute atomic E-state index is 0.0701. The van der Waals surface area contributed by atoms with E-state index in [1.807, 2.05) is 0 Å². The lowest BCUT2D eigenvalue weighted by molar-refractivity contribution is -0.241. The van der Waals surface area contributed by atoms with Gasteiger partial charge in [0.1, 0.15) is 0 Å². The van der Waals surface area contributed by atoms with Crippen molar-refractivity contribution in [2.24, 2.45) is 10.8 Å². The van der Waals surface area contributed by atoms with Crippen LogP contribution in [0.1, 0.15) is 32.1 Å². The molecule has 0 amide bonds. The Morgan fingerprint density at radius 2 is 1.69 bits per heavy atom. The summed E-state index contributed by atoms with van der Waals surface area (Å²) < 4.78 is 25.3. The normalized spacial score (nSPS) is 28.9. The SMILES string of the molecule is O=C(O)C1(C2(O)CC(CF)(CF)C2)CCC1. The molecule has 0 aromatic carbocycles. The summed E-state index contributed by atoms with van der Waals surface area (Å²) in [6.07, 6.45) is 1.44. The number of halogens is 2.